The van der Waals surface area contributed by atoms with Crippen LogP contribution in [0.5, 0.6) is 0 Å². The first kappa shape index (κ1) is 14.1. The van der Waals surface area contributed by atoms with Crippen molar-refractivity contribution in [2.75, 3.05) is 19.0 Å². The van der Waals surface area contributed by atoms with E-state index in [4.69, 9.17) is 16.3 Å². The zero-order chi connectivity index (χ0) is 11.9. The third kappa shape index (κ3) is 9.41. The van der Waals surface area contributed by atoms with Gasteiger partial charge in [0.05, 0.1) is 5.88 Å². The second-order valence-corrected chi connectivity index (χ2v) is 4.36. The van der Waals surface area contributed by atoms with Gasteiger partial charge in [-0.25, -0.2) is 4.79 Å². The van der Waals surface area contributed by atoms with E-state index in [-0.39, 0.29) is 0 Å². The number of nitrogens with one attached hydrogen (secondary N) is 2. The summed E-state index contributed by atoms with van der Waals surface area (Å²) in [4.78, 5) is 11.2. The Morgan fingerprint density at radius 2 is 1.87 bits per heavy atom. The van der Waals surface area contributed by atoms with Crippen LogP contribution in [0, 0.1) is 0 Å². The minimum atomic E-state index is -0.461. The Balaban J connectivity index is 3.52. The molecule has 0 unspecified atom stereocenters. The number of carbonyl (C=O) groups is 1. The first-order valence-corrected chi connectivity index (χ1v) is 5.33. The Bertz CT molecular complexity index is 224. The molecule has 0 spiro atoms. The Kier molecular flexibility index (Phi) is 6.17. The average Bonchev–Trinajstić information content (AvgIpc) is 2.09. The summed E-state index contributed by atoms with van der Waals surface area (Å²) in [6.45, 7) is 10.2. The number of rotatable bonds is 5. The van der Waals surface area contributed by atoms with Gasteiger partial charge in [0.1, 0.15) is 5.60 Å². The topological polar surface area (TPSA) is 50.4 Å². The smallest absolute Gasteiger partial charge is 0.407 e. The summed E-state index contributed by atoms with van der Waals surface area (Å²) in [7, 11) is 0. The standard InChI is InChI=1S/C10H19ClN2O2/c1-8(7-11)12-5-6-13-9(14)15-10(2,3)4/h12H,1,5-7H2,2-4H3,(H,13,14). The van der Waals surface area contributed by atoms with Crippen LogP contribution in [0.2, 0.25) is 0 Å². The average molecular weight is 235 g/mol. The zero-order valence-electron chi connectivity index (χ0n) is 9.52. The molecule has 88 valence electrons. The summed E-state index contributed by atoms with van der Waals surface area (Å²) < 4.78 is 5.04. The zero-order valence-corrected chi connectivity index (χ0v) is 10.3. The summed E-state index contributed by atoms with van der Waals surface area (Å²) in [5.74, 6) is 0.367. The Morgan fingerprint density at radius 3 is 2.33 bits per heavy atom. The highest BCUT2D eigenvalue weighted by molar-refractivity contribution is 6.19. The predicted octanol–water partition coefficient (Wildman–Crippen LogP) is 1.85. The van der Waals surface area contributed by atoms with Crippen LogP contribution in [0.3, 0.4) is 0 Å². The molecule has 0 saturated carbocycles. The van der Waals surface area contributed by atoms with Gasteiger partial charge in [0.25, 0.3) is 0 Å². The summed E-state index contributed by atoms with van der Waals surface area (Å²) >= 11 is 5.51. The van der Waals surface area contributed by atoms with E-state index in [0.29, 0.717) is 19.0 Å². The number of halogens is 1. The lowest BCUT2D eigenvalue weighted by molar-refractivity contribution is 0.0528. The summed E-state index contributed by atoms with van der Waals surface area (Å²) in [5, 5.41) is 5.56. The van der Waals surface area contributed by atoms with Crippen molar-refractivity contribution in [2.24, 2.45) is 0 Å². The van der Waals surface area contributed by atoms with Crippen molar-refractivity contribution in [2.45, 2.75) is 26.4 Å². The Morgan fingerprint density at radius 1 is 1.33 bits per heavy atom. The minimum Gasteiger partial charge on any atom is -0.444 e. The van der Waals surface area contributed by atoms with Gasteiger partial charge >= 0.3 is 6.09 Å². The highest BCUT2D eigenvalue weighted by Gasteiger charge is 2.15. The third-order valence-electron chi connectivity index (χ3n) is 1.33. The first-order chi connectivity index (χ1) is 6.85. The molecule has 0 fully saturated rings. The fourth-order valence-corrected chi connectivity index (χ4v) is 0.860. The molecule has 0 heterocycles. The van der Waals surface area contributed by atoms with Gasteiger partial charge in [-0.05, 0) is 20.8 Å². The number of hydrogen-bond donors (Lipinski definition) is 2. The van der Waals surface area contributed by atoms with Crippen LogP contribution < -0.4 is 10.6 Å². The van der Waals surface area contributed by atoms with Crippen molar-refractivity contribution in [3.8, 4) is 0 Å². The quantitative estimate of drug-likeness (QED) is 0.564. The second kappa shape index (κ2) is 6.56. The maximum atomic E-state index is 11.2. The third-order valence-corrected chi connectivity index (χ3v) is 1.65. The number of alkyl carbamates (subject to hydrolysis) is 1. The predicted molar refractivity (Wildman–Crippen MR) is 62.1 cm³/mol. The van der Waals surface area contributed by atoms with Crippen LogP contribution >= 0.6 is 11.6 Å². The second-order valence-electron chi connectivity index (χ2n) is 4.09. The van der Waals surface area contributed by atoms with Gasteiger partial charge in [-0.1, -0.05) is 6.58 Å². The van der Waals surface area contributed by atoms with Crippen LogP contribution in [0.1, 0.15) is 20.8 Å². The van der Waals surface area contributed by atoms with Gasteiger partial charge in [-0.3, -0.25) is 0 Å². The molecule has 0 aliphatic heterocycles. The number of alkyl halides is 1. The fourth-order valence-electron chi connectivity index (χ4n) is 0.765. The van der Waals surface area contributed by atoms with Crippen LogP contribution in [-0.2, 0) is 4.74 Å². The van der Waals surface area contributed by atoms with Crippen molar-refractivity contribution >= 4 is 17.7 Å². The van der Waals surface area contributed by atoms with Gasteiger partial charge in [0.2, 0.25) is 0 Å². The van der Waals surface area contributed by atoms with E-state index >= 15 is 0 Å². The van der Waals surface area contributed by atoms with Crippen LogP contribution in [-0.4, -0.2) is 30.7 Å². The Hall–Kier alpha value is -0.900. The monoisotopic (exact) mass is 234 g/mol. The molecule has 5 heteroatoms. The van der Waals surface area contributed by atoms with E-state index < -0.39 is 11.7 Å². The highest BCUT2D eigenvalue weighted by atomic mass is 35.5. The molecular weight excluding hydrogens is 216 g/mol. The highest BCUT2D eigenvalue weighted by Crippen LogP contribution is 2.05. The molecule has 0 atom stereocenters. The molecule has 0 rings (SSSR count). The molecule has 4 nitrogen and oxygen atoms in total. The minimum absolute atomic E-state index is 0.367. The largest absolute Gasteiger partial charge is 0.444 e. The van der Waals surface area contributed by atoms with Crippen molar-refractivity contribution in [3.05, 3.63) is 12.3 Å². The molecule has 1 amide bonds. The van der Waals surface area contributed by atoms with E-state index in [1.807, 2.05) is 20.8 Å². The van der Waals surface area contributed by atoms with Gasteiger partial charge in [0, 0.05) is 18.8 Å². The van der Waals surface area contributed by atoms with E-state index in [2.05, 4.69) is 17.2 Å². The number of amides is 1. The van der Waals surface area contributed by atoms with Gasteiger partial charge in [-0.2, -0.15) is 0 Å². The maximum Gasteiger partial charge on any atom is 0.407 e. The van der Waals surface area contributed by atoms with Gasteiger partial charge < -0.3 is 15.4 Å². The van der Waals surface area contributed by atoms with Crippen LogP contribution in [0.15, 0.2) is 12.3 Å². The molecule has 0 aliphatic carbocycles. The normalized spacial score (nSPS) is 10.7. The van der Waals surface area contributed by atoms with Gasteiger partial charge in [-0.15, -0.1) is 11.6 Å². The number of ether oxygens (including phenoxy) is 1. The van der Waals surface area contributed by atoms with E-state index in [1.165, 1.54) is 0 Å². The fraction of sp³-hybridized carbons (Fsp3) is 0.700. The van der Waals surface area contributed by atoms with E-state index in [9.17, 15) is 4.79 Å². The molecule has 0 radical (unpaired) electrons. The maximum absolute atomic E-state index is 11.2. The van der Waals surface area contributed by atoms with Crippen molar-refractivity contribution < 1.29 is 9.53 Å². The van der Waals surface area contributed by atoms with E-state index in [0.717, 1.165) is 5.70 Å². The van der Waals surface area contributed by atoms with Crippen LogP contribution in [0.4, 0.5) is 4.79 Å². The molecule has 0 aromatic rings. The molecule has 15 heavy (non-hydrogen) atoms. The lowest BCUT2D eigenvalue weighted by Gasteiger charge is -2.19. The lowest BCUT2D eigenvalue weighted by atomic mass is 10.2. The van der Waals surface area contributed by atoms with Gasteiger partial charge in [0.15, 0.2) is 0 Å². The molecule has 0 aromatic heterocycles. The summed E-state index contributed by atoms with van der Waals surface area (Å²) in [6, 6.07) is 0. The number of carbonyl (C=O) groups excluding carboxylic acids is 1. The molecule has 0 aliphatic rings. The molecule has 2 N–H and O–H groups in total. The van der Waals surface area contributed by atoms with Crippen molar-refractivity contribution in [3.63, 3.8) is 0 Å². The Labute approximate surface area is 96.0 Å². The van der Waals surface area contributed by atoms with E-state index in [1.54, 1.807) is 0 Å². The molecule has 0 aromatic carbocycles. The number of allylic oxidation sites excluding steroid dienone is 1. The van der Waals surface area contributed by atoms with Crippen molar-refractivity contribution in [1.29, 1.82) is 0 Å². The SMILES string of the molecule is C=C(CCl)NCCNC(=O)OC(C)(C)C. The van der Waals surface area contributed by atoms with Crippen molar-refractivity contribution in [1.82, 2.24) is 10.6 Å². The summed E-state index contributed by atoms with van der Waals surface area (Å²) in [5.41, 5.74) is 0.278. The lowest BCUT2D eigenvalue weighted by Crippen LogP contribution is -2.36. The molecular formula is C10H19ClN2O2. The molecule has 0 saturated heterocycles. The molecule has 0 bridgehead atoms. The first-order valence-electron chi connectivity index (χ1n) is 4.79. The summed E-state index contributed by atoms with van der Waals surface area (Å²) in [6.07, 6.45) is -0.416. The van der Waals surface area contributed by atoms with Crippen LogP contribution in [0.25, 0.3) is 0 Å². The number of hydrogen-bond acceptors (Lipinski definition) is 3.